The monoisotopic (exact) mass is 501 g/mol. The average Bonchev–Trinajstić information content (AvgIpc) is 2.85. The number of Topliss-reactive ketones (excluding diaryl/α,β-unsaturated/α-hetero) is 1. The van der Waals surface area contributed by atoms with Gasteiger partial charge in [0.2, 0.25) is 0 Å². The zero-order chi connectivity index (χ0) is 24.7. The Kier molecular flexibility index (Phi) is 10.3. The minimum atomic E-state index is -0.866. The number of esters is 1. The molecular weight excluding hydrogens is 470 g/mol. The first-order chi connectivity index (χ1) is 16.4. The smallest absolute Gasteiger partial charge is 0.316 e. The second kappa shape index (κ2) is 13.0. The largest absolute Gasteiger partial charge is 0.497 e. The maximum Gasteiger partial charge on any atom is 0.316 e. The summed E-state index contributed by atoms with van der Waals surface area (Å²) in [6.07, 6.45) is 2.15. The molecule has 0 saturated carbocycles. The number of ether oxygens (including phenoxy) is 4. The SMILES string of the molecule is CCC(=O)C(Cc1ccccc1OCc1cnc2ccc(OC)cc2c1OC(C)C)C(=O)OC.Cl. The Hall–Kier alpha value is -3.32. The van der Waals surface area contributed by atoms with E-state index in [9.17, 15) is 9.59 Å². The Bertz CT molecular complexity index is 1150. The molecule has 188 valence electrons. The van der Waals surface area contributed by atoms with Gasteiger partial charge in [0.05, 0.1) is 31.4 Å². The van der Waals surface area contributed by atoms with E-state index >= 15 is 0 Å². The van der Waals surface area contributed by atoms with Crippen molar-refractivity contribution >= 4 is 35.1 Å². The lowest BCUT2D eigenvalue weighted by Gasteiger charge is -2.19. The van der Waals surface area contributed by atoms with Gasteiger partial charge >= 0.3 is 5.97 Å². The summed E-state index contributed by atoms with van der Waals surface area (Å²) in [7, 11) is 2.91. The van der Waals surface area contributed by atoms with Gasteiger partial charge in [-0.2, -0.15) is 0 Å². The van der Waals surface area contributed by atoms with Crippen molar-refractivity contribution < 1.29 is 28.5 Å². The van der Waals surface area contributed by atoms with Crippen LogP contribution in [0.15, 0.2) is 48.7 Å². The number of halogens is 1. The van der Waals surface area contributed by atoms with E-state index in [-0.39, 0.29) is 43.7 Å². The summed E-state index contributed by atoms with van der Waals surface area (Å²) in [6, 6.07) is 13.0. The molecular formula is C27H32ClNO6. The van der Waals surface area contributed by atoms with Crippen molar-refractivity contribution in [3.8, 4) is 17.2 Å². The maximum atomic E-state index is 12.4. The standard InChI is InChI=1S/C27H31NO6.ClH/c1-6-24(29)22(27(30)32-5)13-18-9-7-8-10-25(18)33-16-19-15-28-23-12-11-20(31-4)14-21(23)26(19)34-17(2)3;/h7-12,14-15,17,22H,6,13,16H2,1-5H3;1H. The summed E-state index contributed by atoms with van der Waals surface area (Å²) in [5.74, 6) is 0.408. The molecule has 35 heavy (non-hydrogen) atoms. The number of carbonyl (C=O) groups excluding carboxylic acids is 2. The minimum absolute atomic E-state index is 0. The molecule has 1 atom stereocenters. The van der Waals surface area contributed by atoms with Crippen LogP contribution in [0.3, 0.4) is 0 Å². The van der Waals surface area contributed by atoms with Gasteiger partial charge in [0, 0.05) is 18.0 Å². The molecule has 0 spiro atoms. The molecule has 7 nitrogen and oxygen atoms in total. The number of carbonyl (C=O) groups is 2. The number of ketones is 1. The van der Waals surface area contributed by atoms with Crippen molar-refractivity contribution in [1.82, 2.24) is 4.98 Å². The minimum Gasteiger partial charge on any atom is -0.497 e. The number of pyridine rings is 1. The molecule has 0 aliphatic carbocycles. The summed E-state index contributed by atoms with van der Waals surface area (Å²) in [6.45, 7) is 5.86. The normalized spacial score (nSPS) is 11.5. The number of benzene rings is 2. The molecule has 0 aliphatic heterocycles. The lowest BCUT2D eigenvalue weighted by molar-refractivity contribution is -0.149. The maximum absolute atomic E-state index is 12.4. The first kappa shape index (κ1) is 27.9. The highest BCUT2D eigenvalue weighted by atomic mass is 35.5. The van der Waals surface area contributed by atoms with Gasteiger partial charge in [-0.25, -0.2) is 0 Å². The Labute approximate surface area is 212 Å². The van der Waals surface area contributed by atoms with E-state index in [1.165, 1.54) is 7.11 Å². The van der Waals surface area contributed by atoms with Gasteiger partial charge in [-0.05, 0) is 50.1 Å². The topological polar surface area (TPSA) is 84.0 Å². The summed E-state index contributed by atoms with van der Waals surface area (Å²) < 4.78 is 22.6. The fraction of sp³-hybridized carbons (Fsp3) is 0.370. The zero-order valence-corrected chi connectivity index (χ0v) is 21.5. The third kappa shape index (κ3) is 6.85. The van der Waals surface area contributed by atoms with Crippen molar-refractivity contribution in [2.75, 3.05) is 14.2 Å². The van der Waals surface area contributed by atoms with Crippen LogP contribution in [0.4, 0.5) is 0 Å². The van der Waals surface area contributed by atoms with Crippen LogP contribution in [-0.2, 0) is 27.4 Å². The van der Waals surface area contributed by atoms with Gasteiger partial charge in [-0.15, -0.1) is 12.4 Å². The number of hydrogen-bond donors (Lipinski definition) is 0. The molecule has 1 aromatic heterocycles. The fourth-order valence-corrected chi connectivity index (χ4v) is 3.70. The fourth-order valence-electron chi connectivity index (χ4n) is 3.70. The predicted octanol–water partition coefficient (Wildman–Crippen LogP) is 5.34. The van der Waals surface area contributed by atoms with Crippen LogP contribution in [0.5, 0.6) is 17.2 Å². The molecule has 3 aromatic rings. The van der Waals surface area contributed by atoms with E-state index in [1.807, 2.05) is 56.3 Å². The van der Waals surface area contributed by atoms with Gasteiger partial charge in [-0.3, -0.25) is 14.6 Å². The summed E-state index contributed by atoms with van der Waals surface area (Å²) >= 11 is 0. The zero-order valence-electron chi connectivity index (χ0n) is 20.7. The van der Waals surface area contributed by atoms with Crippen LogP contribution in [0.2, 0.25) is 0 Å². The lowest BCUT2D eigenvalue weighted by atomic mass is 9.93. The Balaban J connectivity index is 0.00000432. The number of hydrogen-bond acceptors (Lipinski definition) is 7. The summed E-state index contributed by atoms with van der Waals surface area (Å²) in [4.78, 5) is 29.1. The van der Waals surface area contributed by atoms with Crippen molar-refractivity contribution in [2.45, 2.75) is 46.3 Å². The summed E-state index contributed by atoms with van der Waals surface area (Å²) in [5, 5.41) is 0.835. The Morgan fingerprint density at radius 2 is 1.77 bits per heavy atom. The van der Waals surface area contributed by atoms with E-state index in [0.717, 1.165) is 22.0 Å². The second-order valence-corrected chi connectivity index (χ2v) is 8.16. The van der Waals surface area contributed by atoms with Gasteiger partial charge in [0.25, 0.3) is 0 Å². The lowest BCUT2D eigenvalue weighted by Crippen LogP contribution is -2.27. The number of aromatic nitrogens is 1. The Morgan fingerprint density at radius 1 is 1.03 bits per heavy atom. The van der Waals surface area contributed by atoms with Gasteiger partial charge < -0.3 is 18.9 Å². The highest BCUT2D eigenvalue weighted by Crippen LogP contribution is 2.33. The van der Waals surface area contributed by atoms with Crippen molar-refractivity contribution in [3.63, 3.8) is 0 Å². The summed E-state index contributed by atoms with van der Waals surface area (Å²) in [5.41, 5.74) is 2.32. The highest BCUT2D eigenvalue weighted by molar-refractivity contribution is 5.99. The first-order valence-electron chi connectivity index (χ1n) is 11.3. The van der Waals surface area contributed by atoms with Crippen LogP contribution in [0.1, 0.15) is 38.3 Å². The van der Waals surface area contributed by atoms with Gasteiger partial charge in [0.15, 0.2) is 0 Å². The van der Waals surface area contributed by atoms with Gasteiger partial charge in [-0.1, -0.05) is 25.1 Å². The molecule has 1 heterocycles. The Morgan fingerprint density at radius 3 is 2.43 bits per heavy atom. The molecule has 1 unspecified atom stereocenters. The van der Waals surface area contributed by atoms with E-state index in [2.05, 4.69) is 4.98 Å². The highest BCUT2D eigenvalue weighted by Gasteiger charge is 2.27. The average molecular weight is 502 g/mol. The van der Waals surface area contributed by atoms with E-state index in [4.69, 9.17) is 18.9 Å². The number of methoxy groups -OCH3 is 2. The van der Waals surface area contributed by atoms with Crippen LogP contribution in [0, 0.1) is 5.92 Å². The molecule has 0 N–H and O–H groups in total. The van der Waals surface area contributed by atoms with Crippen molar-refractivity contribution in [3.05, 3.63) is 59.8 Å². The van der Waals surface area contributed by atoms with Crippen LogP contribution >= 0.6 is 12.4 Å². The molecule has 0 aliphatic rings. The molecule has 2 aromatic carbocycles. The van der Waals surface area contributed by atoms with Crippen molar-refractivity contribution in [1.29, 1.82) is 0 Å². The van der Waals surface area contributed by atoms with Crippen LogP contribution in [-0.4, -0.2) is 37.1 Å². The van der Waals surface area contributed by atoms with Crippen LogP contribution in [0.25, 0.3) is 10.9 Å². The third-order valence-electron chi connectivity index (χ3n) is 5.46. The van der Waals surface area contributed by atoms with E-state index < -0.39 is 11.9 Å². The molecule has 0 fully saturated rings. The number of nitrogens with zero attached hydrogens (tertiary/aromatic N) is 1. The van der Waals surface area contributed by atoms with E-state index in [0.29, 0.717) is 17.2 Å². The quantitative estimate of drug-likeness (QED) is 0.259. The number of rotatable bonds is 11. The third-order valence-corrected chi connectivity index (χ3v) is 5.46. The van der Waals surface area contributed by atoms with E-state index in [1.54, 1.807) is 20.2 Å². The van der Waals surface area contributed by atoms with Gasteiger partial charge in [0.1, 0.15) is 35.6 Å². The number of para-hydroxylation sites is 1. The molecule has 8 heteroatoms. The predicted molar refractivity (Wildman–Crippen MR) is 137 cm³/mol. The molecule has 3 rings (SSSR count). The van der Waals surface area contributed by atoms with Crippen LogP contribution < -0.4 is 14.2 Å². The molecule has 0 bridgehead atoms. The molecule has 0 saturated heterocycles. The second-order valence-electron chi connectivity index (χ2n) is 8.16. The molecule has 0 amide bonds. The van der Waals surface area contributed by atoms with Crippen molar-refractivity contribution in [2.24, 2.45) is 5.92 Å². The molecule has 0 radical (unpaired) electrons. The first-order valence-corrected chi connectivity index (χ1v) is 11.3. The number of fused-ring (bicyclic) bond motifs is 1.